The highest BCUT2D eigenvalue weighted by Crippen LogP contribution is 2.25. The maximum Gasteiger partial charge on any atom is 0.407 e. The van der Waals surface area contributed by atoms with Crippen molar-refractivity contribution in [2.75, 3.05) is 11.3 Å². The lowest BCUT2D eigenvalue weighted by atomic mass is 10.0. The van der Waals surface area contributed by atoms with Gasteiger partial charge in [0.15, 0.2) is 0 Å². The third-order valence-corrected chi connectivity index (χ3v) is 5.72. The van der Waals surface area contributed by atoms with Crippen LogP contribution in [0.4, 0.5) is 10.5 Å². The predicted octanol–water partition coefficient (Wildman–Crippen LogP) is 4.04. The smallest absolute Gasteiger partial charge is 0.407 e. The zero-order valence-corrected chi connectivity index (χ0v) is 17.1. The first-order valence-corrected chi connectivity index (χ1v) is 10.6. The molecule has 0 saturated heterocycles. The molecular formula is C20H32N2O4S. The van der Waals surface area contributed by atoms with Gasteiger partial charge in [-0.1, -0.05) is 31.4 Å². The van der Waals surface area contributed by atoms with Crippen LogP contribution in [0.15, 0.2) is 24.3 Å². The van der Waals surface area contributed by atoms with Crippen LogP contribution in [0.3, 0.4) is 0 Å². The fourth-order valence-electron chi connectivity index (χ4n) is 2.90. The van der Waals surface area contributed by atoms with Crippen molar-refractivity contribution >= 4 is 22.8 Å². The Bertz CT molecular complexity index is 719. The summed E-state index contributed by atoms with van der Waals surface area (Å²) in [7, 11) is -1.22. The Labute approximate surface area is 167 Å². The molecule has 0 aromatic heterocycles. The van der Waals surface area contributed by atoms with Gasteiger partial charge in [-0.15, -0.1) is 0 Å². The maximum absolute atomic E-state index is 12.5. The van der Waals surface area contributed by atoms with E-state index in [0.29, 0.717) is 11.3 Å². The van der Waals surface area contributed by atoms with E-state index in [2.05, 4.69) is 10.0 Å². The van der Waals surface area contributed by atoms with E-state index in [4.69, 9.17) is 7.48 Å². The van der Waals surface area contributed by atoms with E-state index in [1.54, 1.807) is 45.0 Å². The van der Waals surface area contributed by atoms with Crippen molar-refractivity contribution in [2.24, 2.45) is 0 Å². The number of rotatable bonds is 7. The summed E-state index contributed by atoms with van der Waals surface area (Å²) in [5.41, 5.74) is 0.219. The molecule has 0 bridgehead atoms. The van der Waals surface area contributed by atoms with Gasteiger partial charge in [0.25, 0.3) is 0 Å². The van der Waals surface area contributed by atoms with Crippen molar-refractivity contribution < 1.29 is 21.6 Å². The lowest BCUT2D eigenvalue weighted by Gasteiger charge is -2.22. The van der Waals surface area contributed by atoms with Crippen molar-refractivity contribution in [3.8, 4) is 0 Å². The van der Waals surface area contributed by atoms with E-state index in [-0.39, 0.29) is 5.25 Å². The van der Waals surface area contributed by atoms with Crippen molar-refractivity contribution in [3.05, 3.63) is 29.8 Å². The number of aliphatic hydroxyl groups excluding tert-OH is 1. The number of benzene rings is 1. The van der Waals surface area contributed by atoms with E-state index < -0.39 is 41.7 Å². The van der Waals surface area contributed by atoms with Gasteiger partial charge < -0.3 is 19.9 Å². The highest BCUT2D eigenvalue weighted by molar-refractivity contribution is 7.87. The third-order valence-electron chi connectivity index (χ3n) is 4.20. The van der Waals surface area contributed by atoms with Gasteiger partial charge in [0, 0.05) is 15.0 Å². The fraction of sp³-hybridized carbons (Fsp3) is 0.650. The molecule has 0 spiro atoms. The highest BCUT2D eigenvalue weighted by Gasteiger charge is 2.20. The summed E-state index contributed by atoms with van der Waals surface area (Å²) in [5.74, 6) is 0. The first-order valence-electron chi connectivity index (χ1n) is 10.4. The molecular weight excluding hydrogens is 364 g/mol. The monoisotopic (exact) mass is 398 g/mol. The minimum absolute atomic E-state index is 0.113. The van der Waals surface area contributed by atoms with Gasteiger partial charge in [0.05, 0.1) is 11.4 Å². The Morgan fingerprint density at radius 1 is 1.37 bits per heavy atom. The summed E-state index contributed by atoms with van der Waals surface area (Å²) in [6.45, 7) is 4.73. The van der Waals surface area contributed by atoms with Crippen LogP contribution < -0.4 is 10.0 Å². The van der Waals surface area contributed by atoms with Gasteiger partial charge in [-0.3, -0.25) is 0 Å². The summed E-state index contributed by atoms with van der Waals surface area (Å²) >= 11 is 0. The topological polar surface area (TPSA) is 87.7 Å². The van der Waals surface area contributed by atoms with Gasteiger partial charge in [0.2, 0.25) is 0 Å². The molecule has 3 N–H and O–H groups in total. The van der Waals surface area contributed by atoms with Crippen molar-refractivity contribution in [2.45, 2.75) is 76.2 Å². The van der Waals surface area contributed by atoms with Crippen LogP contribution in [0.25, 0.3) is 0 Å². The summed E-state index contributed by atoms with van der Waals surface area (Å²) < 4.78 is 36.9. The molecule has 1 aromatic rings. The molecule has 0 radical (unpaired) electrons. The Morgan fingerprint density at radius 2 is 2.07 bits per heavy atom. The second-order valence-corrected chi connectivity index (χ2v) is 9.21. The van der Waals surface area contributed by atoms with Crippen LogP contribution >= 0.6 is 0 Å². The Kier molecular flexibility index (Phi) is 7.00. The van der Waals surface area contributed by atoms with E-state index in [1.807, 2.05) is 0 Å². The van der Waals surface area contributed by atoms with Crippen LogP contribution in [0.2, 0.25) is 0 Å². The van der Waals surface area contributed by atoms with Gasteiger partial charge in [-0.25, -0.2) is 9.00 Å². The third kappa shape index (κ3) is 7.89. The number of amides is 1. The van der Waals surface area contributed by atoms with E-state index >= 15 is 0 Å². The summed E-state index contributed by atoms with van der Waals surface area (Å²) in [6.07, 6.45) is 0.888. The zero-order chi connectivity index (χ0) is 21.7. The Morgan fingerprint density at radius 3 is 2.74 bits per heavy atom. The second-order valence-electron chi connectivity index (χ2n) is 7.75. The van der Waals surface area contributed by atoms with Crippen LogP contribution in [0.5, 0.6) is 0 Å². The summed E-state index contributed by atoms with van der Waals surface area (Å²) in [5, 5.41) is 13.0. The lowest BCUT2D eigenvalue weighted by Crippen LogP contribution is -2.33. The maximum atomic E-state index is 12.5. The molecule has 27 heavy (non-hydrogen) atoms. The van der Waals surface area contributed by atoms with Crippen molar-refractivity contribution in [3.63, 3.8) is 0 Å². The first-order chi connectivity index (χ1) is 13.5. The normalized spacial score (nSPS) is 19.4. The molecule has 2 rings (SSSR count). The van der Waals surface area contributed by atoms with Gasteiger partial charge in [-0.2, -0.15) is 0 Å². The quantitative estimate of drug-likeness (QED) is 0.647. The number of ether oxygens (including phenoxy) is 1. The van der Waals surface area contributed by atoms with Crippen molar-refractivity contribution in [1.82, 2.24) is 5.32 Å². The minimum atomic E-state index is -2.11. The Hall–Kier alpha value is -1.60. The van der Waals surface area contributed by atoms with E-state index in [9.17, 15) is 14.1 Å². The van der Waals surface area contributed by atoms with Crippen LogP contribution in [-0.4, -0.2) is 32.8 Å². The van der Waals surface area contributed by atoms with Gasteiger partial charge >= 0.3 is 6.09 Å². The van der Waals surface area contributed by atoms with Crippen molar-refractivity contribution in [1.29, 1.82) is 0 Å². The number of carbonyl (C=O) groups excluding carboxylic acids is 1. The second kappa shape index (κ2) is 10.1. The fourth-order valence-corrected chi connectivity index (χ4v) is 4.19. The van der Waals surface area contributed by atoms with Gasteiger partial charge in [0.1, 0.15) is 16.6 Å². The lowest BCUT2D eigenvalue weighted by molar-refractivity contribution is 0.0518. The molecule has 1 aliphatic rings. The zero-order valence-electron chi connectivity index (χ0n) is 18.3. The SMILES string of the molecule is [2H]C([2H])(CNC(=O)OC(C)(C)C)C(O)c1cccc(NS(=O)C2CCCCC2)c1. The largest absolute Gasteiger partial charge is 0.444 e. The van der Waals surface area contributed by atoms with Crippen LogP contribution in [0.1, 0.15) is 73.7 Å². The molecule has 0 aliphatic heterocycles. The molecule has 1 amide bonds. The average molecular weight is 399 g/mol. The standard InChI is InChI=1S/C20H32N2O4S/c1-20(2,3)26-19(24)21-13-12-18(23)15-8-7-9-16(14-15)22-27(25)17-10-5-4-6-11-17/h7-9,14,17-18,22-23H,4-6,10-13H2,1-3H3,(H,21,24)/i12D2. The van der Waals surface area contributed by atoms with E-state index in [0.717, 1.165) is 25.7 Å². The molecule has 7 heteroatoms. The molecule has 1 saturated carbocycles. The Balaban J connectivity index is 1.98. The number of carbonyl (C=O) groups is 1. The van der Waals surface area contributed by atoms with E-state index in [1.165, 1.54) is 6.42 Å². The summed E-state index contributed by atoms with van der Waals surface area (Å²) in [6, 6.07) is 6.61. The average Bonchev–Trinajstić information content (AvgIpc) is 2.65. The molecule has 2 unspecified atom stereocenters. The first kappa shape index (κ1) is 18.7. The molecule has 6 nitrogen and oxygen atoms in total. The number of hydrogen-bond donors (Lipinski definition) is 3. The molecule has 1 fully saturated rings. The molecule has 1 aliphatic carbocycles. The number of aliphatic hydroxyl groups is 1. The van der Waals surface area contributed by atoms with Gasteiger partial charge in [-0.05, 0) is 57.7 Å². The minimum Gasteiger partial charge on any atom is -0.444 e. The molecule has 1 aromatic carbocycles. The van der Waals surface area contributed by atoms with Crippen LogP contribution in [0, 0.1) is 0 Å². The molecule has 2 atom stereocenters. The molecule has 152 valence electrons. The number of alkyl carbamates (subject to hydrolysis) is 1. The summed E-state index contributed by atoms with van der Waals surface area (Å²) in [4.78, 5) is 11.8. The highest BCUT2D eigenvalue weighted by atomic mass is 32.2. The van der Waals surface area contributed by atoms with Crippen LogP contribution in [-0.2, 0) is 15.7 Å². The number of anilines is 1. The number of hydrogen-bond acceptors (Lipinski definition) is 4. The molecule has 0 heterocycles. The predicted molar refractivity (Wildman–Crippen MR) is 109 cm³/mol. The number of nitrogens with one attached hydrogen (secondary N) is 2.